The topological polar surface area (TPSA) is 68.3 Å². The van der Waals surface area contributed by atoms with Crippen molar-refractivity contribution in [3.05, 3.63) is 34.4 Å². The number of carbonyl (C=O) groups is 2. The highest BCUT2D eigenvalue weighted by Gasteiger charge is 2.47. The Bertz CT molecular complexity index is 791. The quantitative estimate of drug-likeness (QED) is 0.735. The number of benzene rings is 1. The van der Waals surface area contributed by atoms with E-state index in [9.17, 15) is 18.0 Å². The number of ketones is 2. The van der Waals surface area contributed by atoms with E-state index in [1.807, 2.05) is 20.8 Å². The fraction of sp³-hybridized carbons (Fsp3) is 0.619. The summed E-state index contributed by atoms with van der Waals surface area (Å²) < 4.78 is 23.2. The summed E-state index contributed by atoms with van der Waals surface area (Å²) in [5.74, 6) is -1.49. The van der Waals surface area contributed by atoms with Crippen molar-refractivity contribution in [1.29, 1.82) is 0 Å². The Labute approximate surface area is 157 Å². The van der Waals surface area contributed by atoms with Gasteiger partial charge in [0.15, 0.2) is 9.84 Å². The first kappa shape index (κ1) is 20.8. The zero-order valence-corrected chi connectivity index (χ0v) is 17.5. The van der Waals surface area contributed by atoms with E-state index < -0.39 is 26.4 Å². The van der Waals surface area contributed by atoms with Crippen LogP contribution in [0.25, 0.3) is 0 Å². The van der Waals surface area contributed by atoms with Crippen molar-refractivity contribution in [2.75, 3.05) is 6.26 Å². The highest BCUT2D eigenvalue weighted by molar-refractivity contribution is 7.92. The van der Waals surface area contributed by atoms with Crippen LogP contribution in [0.5, 0.6) is 0 Å². The summed E-state index contributed by atoms with van der Waals surface area (Å²) in [7, 11) is -3.37. The molecule has 0 spiro atoms. The van der Waals surface area contributed by atoms with Crippen LogP contribution < -0.4 is 0 Å². The first-order chi connectivity index (χ1) is 11.9. The van der Waals surface area contributed by atoms with Gasteiger partial charge in [-0.05, 0) is 56.2 Å². The summed E-state index contributed by atoms with van der Waals surface area (Å²) in [6.07, 6.45) is 2.98. The van der Waals surface area contributed by atoms with E-state index in [1.54, 1.807) is 13.8 Å². The maximum absolute atomic E-state index is 13.0. The third-order valence-electron chi connectivity index (χ3n) is 6.02. The van der Waals surface area contributed by atoms with E-state index in [0.717, 1.165) is 35.1 Å². The molecule has 5 heteroatoms. The fourth-order valence-electron chi connectivity index (χ4n) is 4.00. The van der Waals surface area contributed by atoms with Crippen molar-refractivity contribution in [1.82, 2.24) is 0 Å². The van der Waals surface area contributed by atoms with E-state index in [2.05, 4.69) is 12.1 Å². The van der Waals surface area contributed by atoms with Crippen molar-refractivity contribution < 1.29 is 18.0 Å². The molecule has 1 aliphatic rings. The predicted octanol–water partition coefficient (Wildman–Crippen LogP) is 3.57. The molecule has 4 nitrogen and oxygen atoms in total. The zero-order valence-electron chi connectivity index (χ0n) is 16.7. The van der Waals surface area contributed by atoms with Crippen LogP contribution in [0.1, 0.15) is 68.7 Å². The summed E-state index contributed by atoms with van der Waals surface area (Å²) in [5.41, 5.74) is 4.10. The van der Waals surface area contributed by atoms with Gasteiger partial charge in [-0.15, -0.1) is 0 Å². The molecule has 2 rings (SSSR count). The highest BCUT2D eigenvalue weighted by atomic mass is 32.2. The van der Waals surface area contributed by atoms with Gasteiger partial charge < -0.3 is 0 Å². The number of hydrogen-bond donors (Lipinski definition) is 0. The number of sulfone groups is 1. The summed E-state index contributed by atoms with van der Waals surface area (Å²) in [4.78, 5) is 26.0. The standard InChI is InChI=1S/C21H30O4S/c1-7-14-9-13(3)10-15(8-2)19(14)20-17(22)11-16(12-18(20)23)21(4,5)26(6,24)25/h9-10,16,20H,7-8,11-12H2,1-6H3. The van der Waals surface area contributed by atoms with Gasteiger partial charge in [-0.2, -0.15) is 0 Å². The lowest BCUT2D eigenvalue weighted by Gasteiger charge is -2.37. The van der Waals surface area contributed by atoms with Crippen LogP contribution in [0.3, 0.4) is 0 Å². The molecule has 0 saturated heterocycles. The molecular weight excluding hydrogens is 348 g/mol. The maximum Gasteiger partial charge on any atom is 0.152 e. The molecule has 0 unspecified atom stereocenters. The van der Waals surface area contributed by atoms with Gasteiger partial charge in [0.05, 0.1) is 4.75 Å². The number of aryl methyl sites for hydroxylation is 3. The molecule has 0 aromatic heterocycles. The third-order valence-corrected chi connectivity index (χ3v) is 8.27. The molecule has 1 fully saturated rings. The minimum absolute atomic E-state index is 0.136. The van der Waals surface area contributed by atoms with E-state index >= 15 is 0 Å². The van der Waals surface area contributed by atoms with Crippen LogP contribution >= 0.6 is 0 Å². The molecule has 0 radical (unpaired) electrons. The van der Waals surface area contributed by atoms with Gasteiger partial charge in [-0.1, -0.05) is 31.5 Å². The van der Waals surface area contributed by atoms with Crippen molar-refractivity contribution in [2.24, 2.45) is 5.92 Å². The summed E-state index contributed by atoms with van der Waals surface area (Å²) in [6, 6.07) is 4.11. The lowest BCUT2D eigenvalue weighted by molar-refractivity contribution is -0.134. The average molecular weight is 379 g/mol. The summed E-state index contributed by atoms with van der Waals surface area (Å²) in [5, 5.41) is 0. The Balaban J connectivity index is 2.48. The molecule has 1 aromatic carbocycles. The zero-order chi connectivity index (χ0) is 19.9. The van der Waals surface area contributed by atoms with Gasteiger partial charge in [0.2, 0.25) is 0 Å². The number of Topliss-reactive ketones (excluding diaryl/α,β-unsaturated/α-hetero) is 2. The molecule has 1 saturated carbocycles. The van der Waals surface area contributed by atoms with Gasteiger partial charge in [0.1, 0.15) is 17.5 Å². The molecule has 0 N–H and O–H groups in total. The fourth-order valence-corrected chi connectivity index (χ4v) is 4.77. The van der Waals surface area contributed by atoms with Crippen LogP contribution in [0.2, 0.25) is 0 Å². The van der Waals surface area contributed by atoms with Crippen molar-refractivity contribution >= 4 is 21.4 Å². The van der Waals surface area contributed by atoms with Gasteiger partial charge >= 0.3 is 0 Å². The molecular formula is C21H30O4S. The highest BCUT2D eigenvalue weighted by Crippen LogP contribution is 2.41. The lowest BCUT2D eigenvalue weighted by atomic mass is 9.70. The third kappa shape index (κ3) is 3.64. The first-order valence-corrected chi connectivity index (χ1v) is 11.2. The normalized spacial score (nSPS) is 21.9. The van der Waals surface area contributed by atoms with E-state index in [0.29, 0.717) is 0 Å². The number of hydrogen-bond acceptors (Lipinski definition) is 4. The minimum Gasteiger partial charge on any atom is -0.299 e. The first-order valence-electron chi connectivity index (χ1n) is 9.31. The van der Waals surface area contributed by atoms with Crippen LogP contribution in [-0.4, -0.2) is 31.0 Å². The monoisotopic (exact) mass is 378 g/mol. The van der Waals surface area contributed by atoms with Gasteiger partial charge in [0, 0.05) is 19.1 Å². The summed E-state index contributed by atoms with van der Waals surface area (Å²) in [6.45, 7) is 9.33. The van der Waals surface area contributed by atoms with Crippen LogP contribution in [0, 0.1) is 12.8 Å². The van der Waals surface area contributed by atoms with Crippen LogP contribution in [0.4, 0.5) is 0 Å². The Hall–Kier alpha value is -1.49. The van der Waals surface area contributed by atoms with Crippen molar-refractivity contribution in [3.63, 3.8) is 0 Å². The molecule has 1 aliphatic carbocycles. The minimum atomic E-state index is -3.37. The summed E-state index contributed by atoms with van der Waals surface area (Å²) >= 11 is 0. The Morgan fingerprint density at radius 3 is 1.77 bits per heavy atom. The van der Waals surface area contributed by atoms with Crippen molar-refractivity contribution in [3.8, 4) is 0 Å². The van der Waals surface area contributed by atoms with E-state index in [1.165, 1.54) is 6.26 Å². The van der Waals surface area contributed by atoms with Gasteiger partial charge in [-0.3, -0.25) is 9.59 Å². The Morgan fingerprint density at radius 1 is 1.00 bits per heavy atom. The SMILES string of the molecule is CCc1cc(C)cc(CC)c1C1C(=O)CC(C(C)(C)S(C)(=O)=O)CC1=O. The molecule has 0 aliphatic heterocycles. The molecule has 0 heterocycles. The molecule has 0 amide bonds. The molecule has 0 atom stereocenters. The number of rotatable bonds is 5. The van der Waals surface area contributed by atoms with Crippen molar-refractivity contribution in [2.45, 2.75) is 71.0 Å². The maximum atomic E-state index is 13.0. The van der Waals surface area contributed by atoms with Gasteiger partial charge in [0.25, 0.3) is 0 Å². The molecule has 144 valence electrons. The molecule has 26 heavy (non-hydrogen) atoms. The second-order valence-corrected chi connectivity index (χ2v) is 10.6. The molecule has 1 aromatic rings. The molecule has 0 bridgehead atoms. The van der Waals surface area contributed by atoms with Crippen LogP contribution in [-0.2, 0) is 32.3 Å². The van der Waals surface area contributed by atoms with Crippen LogP contribution in [0.15, 0.2) is 12.1 Å². The number of carbonyl (C=O) groups excluding carboxylic acids is 2. The second kappa shape index (κ2) is 7.26. The van der Waals surface area contributed by atoms with E-state index in [-0.39, 0.29) is 24.4 Å². The lowest BCUT2D eigenvalue weighted by Crippen LogP contribution is -2.46. The van der Waals surface area contributed by atoms with Gasteiger partial charge in [-0.25, -0.2) is 8.42 Å². The smallest absolute Gasteiger partial charge is 0.152 e. The Kier molecular flexibility index (Phi) is 5.81. The predicted molar refractivity (Wildman–Crippen MR) is 104 cm³/mol. The largest absolute Gasteiger partial charge is 0.299 e. The second-order valence-electron chi connectivity index (χ2n) is 8.05. The van der Waals surface area contributed by atoms with E-state index in [4.69, 9.17) is 0 Å². The Morgan fingerprint density at radius 2 is 1.42 bits per heavy atom. The average Bonchev–Trinajstić information content (AvgIpc) is 2.53.